The molecule has 0 aliphatic heterocycles. The molecule has 19 heavy (non-hydrogen) atoms. The van der Waals surface area contributed by atoms with Crippen LogP contribution in [-0.4, -0.2) is 35.2 Å². The zero-order chi connectivity index (χ0) is 13.4. The molecule has 0 aliphatic carbocycles. The number of aryl methyl sites for hydroxylation is 1. The highest BCUT2D eigenvalue weighted by Gasteiger charge is 2.20. The van der Waals surface area contributed by atoms with Gasteiger partial charge in [-0.3, -0.25) is 4.40 Å². The van der Waals surface area contributed by atoms with E-state index in [9.17, 15) is 9.90 Å². The molecule has 0 saturated heterocycles. The van der Waals surface area contributed by atoms with Gasteiger partial charge in [-0.25, -0.2) is 9.78 Å². The van der Waals surface area contributed by atoms with Gasteiger partial charge in [-0.15, -0.1) is 10.2 Å². The summed E-state index contributed by atoms with van der Waals surface area (Å²) in [6.07, 6.45) is 3.23. The average Bonchev–Trinajstić information content (AvgIpc) is 2.93. The van der Waals surface area contributed by atoms with E-state index >= 15 is 0 Å². The van der Waals surface area contributed by atoms with Crippen LogP contribution in [0.2, 0.25) is 0 Å². The predicted octanol–water partition coefficient (Wildman–Crippen LogP) is 1.31. The van der Waals surface area contributed by atoms with Crippen LogP contribution in [0.25, 0.3) is 5.65 Å². The highest BCUT2D eigenvalue weighted by Crippen LogP contribution is 2.28. The molecule has 0 fully saturated rings. The Morgan fingerprint density at radius 2 is 2.26 bits per heavy atom. The number of rotatable bonds is 3. The number of nitrogens with zero attached hydrogens (tertiary/aromatic N) is 5. The minimum Gasteiger partial charge on any atom is -0.476 e. The van der Waals surface area contributed by atoms with Crippen LogP contribution in [-0.2, 0) is 7.05 Å². The average molecular weight is 275 g/mol. The molecule has 0 aliphatic rings. The molecule has 0 amide bonds. The third-order valence-corrected chi connectivity index (χ3v) is 3.59. The van der Waals surface area contributed by atoms with Crippen molar-refractivity contribution < 1.29 is 9.90 Å². The van der Waals surface area contributed by atoms with Gasteiger partial charge in [-0.2, -0.15) is 0 Å². The Morgan fingerprint density at radius 3 is 2.95 bits per heavy atom. The van der Waals surface area contributed by atoms with Gasteiger partial charge in [-0.05, 0) is 23.9 Å². The summed E-state index contributed by atoms with van der Waals surface area (Å²) < 4.78 is 3.25. The summed E-state index contributed by atoms with van der Waals surface area (Å²) in [5.74, 6) is -1.02. The SMILES string of the molecule is Cn1cnnc1Sc1nc2ccccn2c1C(=O)O. The Balaban J connectivity index is 2.15. The number of carboxylic acids is 1. The molecule has 7 nitrogen and oxygen atoms in total. The number of carbonyl (C=O) groups is 1. The molecule has 3 aromatic heterocycles. The van der Waals surface area contributed by atoms with Crippen molar-refractivity contribution >= 4 is 23.4 Å². The fraction of sp³-hybridized carbons (Fsp3) is 0.0909. The molecule has 0 saturated carbocycles. The van der Waals surface area contributed by atoms with E-state index in [2.05, 4.69) is 15.2 Å². The first-order valence-electron chi connectivity index (χ1n) is 5.39. The molecule has 1 N–H and O–H groups in total. The number of hydrogen-bond donors (Lipinski definition) is 1. The van der Waals surface area contributed by atoms with Gasteiger partial charge in [0.25, 0.3) is 0 Å². The second-order valence-electron chi connectivity index (χ2n) is 3.83. The molecular weight excluding hydrogens is 266 g/mol. The molecule has 0 unspecified atom stereocenters. The van der Waals surface area contributed by atoms with Gasteiger partial charge in [0.1, 0.15) is 17.0 Å². The molecule has 0 aromatic carbocycles. The van der Waals surface area contributed by atoms with Crippen molar-refractivity contribution in [2.45, 2.75) is 10.2 Å². The molecule has 0 bridgehead atoms. The molecule has 96 valence electrons. The summed E-state index contributed by atoms with van der Waals surface area (Å²) >= 11 is 1.18. The van der Waals surface area contributed by atoms with Crippen LogP contribution in [0, 0.1) is 0 Å². The lowest BCUT2D eigenvalue weighted by atomic mass is 10.4. The van der Waals surface area contributed by atoms with Crippen LogP contribution < -0.4 is 0 Å². The van der Waals surface area contributed by atoms with Crippen molar-refractivity contribution in [1.82, 2.24) is 24.1 Å². The number of hydrogen-bond acceptors (Lipinski definition) is 5. The monoisotopic (exact) mass is 275 g/mol. The van der Waals surface area contributed by atoms with Gasteiger partial charge >= 0.3 is 5.97 Å². The lowest BCUT2D eigenvalue weighted by molar-refractivity contribution is 0.0685. The summed E-state index contributed by atoms with van der Waals surface area (Å²) in [4.78, 5) is 15.7. The highest BCUT2D eigenvalue weighted by molar-refractivity contribution is 7.99. The van der Waals surface area contributed by atoms with Crippen LogP contribution in [0.15, 0.2) is 40.9 Å². The van der Waals surface area contributed by atoms with Crippen molar-refractivity contribution in [2.75, 3.05) is 0 Å². The van der Waals surface area contributed by atoms with E-state index in [4.69, 9.17) is 0 Å². The number of aromatic carboxylic acids is 1. The van der Waals surface area contributed by atoms with Crippen LogP contribution in [0.1, 0.15) is 10.5 Å². The van der Waals surface area contributed by atoms with Gasteiger partial charge in [0.15, 0.2) is 10.9 Å². The fourth-order valence-electron chi connectivity index (χ4n) is 1.69. The summed E-state index contributed by atoms with van der Waals surface area (Å²) in [5, 5.41) is 18.0. The maximum atomic E-state index is 11.4. The summed E-state index contributed by atoms with van der Waals surface area (Å²) in [5.41, 5.74) is 0.716. The topological polar surface area (TPSA) is 85.3 Å². The lowest BCUT2D eigenvalue weighted by Crippen LogP contribution is -2.03. The van der Waals surface area contributed by atoms with Crippen molar-refractivity contribution in [3.05, 3.63) is 36.4 Å². The van der Waals surface area contributed by atoms with Crippen LogP contribution in [0.4, 0.5) is 0 Å². The molecule has 0 spiro atoms. The minimum absolute atomic E-state index is 0.128. The number of carboxylic acid groups (broad SMARTS) is 1. The Morgan fingerprint density at radius 1 is 1.42 bits per heavy atom. The summed E-state index contributed by atoms with van der Waals surface area (Å²) in [7, 11) is 1.79. The number of imidazole rings is 1. The van der Waals surface area contributed by atoms with Crippen molar-refractivity contribution in [1.29, 1.82) is 0 Å². The maximum absolute atomic E-state index is 11.4. The van der Waals surface area contributed by atoms with E-state index in [0.717, 1.165) is 0 Å². The normalized spacial score (nSPS) is 11.0. The van der Waals surface area contributed by atoms with Gasteiger partial charge < -0.3 is 9.67 Å². The second-order valence-corrected chi connectivity index (χ2v) is 4.78. The second kappa shape index (κ2) is 4.39. The van der Waals surface area contributed by atoms with Crippen LogP contribution in [0.3, 0.4) is 0 Å². The first-order valence-corrected chi connectivity index (χ1v) is 6.20. The summed E-state index contributed by atoms with van der Waals surface area (Å²) in [6, 6.07) is 5.33. The third-order valence-electron chi connectivity index (χ3n) is 2.56. The Bertz CT molecular complexity index is 763. The Kier molecular flexibility index (Phi) is 2.71. The number of fused-ring (bicyclic) bond motifs is 1. The molecule has 3 rings (SSSR count). The molecule has 0 atom stereocenters. The fourth-order valence-corrected chi connectivity index (χ4v) is 2.56. The molecule has 3 heterocycles. The molecule has 3 aromatic rings. The minimum atomic E-state index is -1.02. The maximum Gasteiger partial charge on any atom is 0.355 e. The van der Waals surface area contributed by atoms with Crippen LogP contribution >= 0.6 is 11.8 Å². The van der Waals surface area contributed by atoms with Gasteiger partial charge in [0.05, 0.1) is 0 Å². The standard InChI is InChI=1S/C11H9N5O2S/c1-15-6-12-14-11(15)19-9-8(10(17)18)16-5-3-2-4-7(16)13-9/h2-6H,1H3,(H,17,18). The van der Waals surface area contributed by atoms with E-state index in [1.807, 2.05) is 6.07 Å². The number of pyridine rings is 1. The van der Waals surface area contributed by atoms with Crippen molar-refractivity contribution in [3.8, 4) is 0 Å². The zero-order valence-corrected chi connectivity index (χ0v) is 10.7. The number of aromatic nitrogens is 5. The van der Waals surface area contributed by atoms with E-state index in [0.29, 0.717) is 15.8 Å². The molecular formula is C11H9N5O2S. The predicted molar refractivity (Wildman–Crippen MR) is 67.3 cm³/mol. The third kappa shape index (κ3) is 1.95. The Labute approximate surface area is 111 Å². The quantitative estimate of drug-likeness (QED) is 0.775. The van der Waals surface area contributed by atoms with Crippen LogP contribution in [0.5, 0.6) is 0 Å². The van der Waals surface area contributed by atoms with Crippen molar-refractivity contribution in [2.24, 2.45) is 7.05 Å². The van der Waals surface area contributed by atoms with Gasteiger partial charge in [0.2, 0.25) is 0 Å². The first-order chi connectivity index (χ1) is 9.16. The lowest BCUT2D eigenvalue weighted by Gasteiger charge is -1.99. The largest absolute Gasteiger partial charge is 0.476 e. The zero-order valence-electron chi connectivity index (χ0n) is 9.89. The Hall–Kier alpha value is -2.35. The van der Waals surface area contributed by atoms with E-state index < -0.39 is 5.97 Å². The van der Waals surface area contributed by atoms with E-state index in [-0.39, 0.29) is 5.69 Å². The highest BCUT2D eigenvalue weighted by atomic mass is 32.2. The van der Waals surface area contributed by atoms with Gasteiger partial charge in [-0.1, -0.05) is 6.07 Å². The smallest absolute Gasteiger partial charge is 0.355 e. The molecule has 0 radical (unpaired) electrons. The first kappa shape index (κ1) is 11.7. The van der Waals surface area contributed by atoms with Crippen molar-refractivity contribution in [3.63, 3.8) is 0 Å². The van der Waals surface area contributed by atoms with E-state index in [1.165, 1.54) is 11.8 Å². The molecule has 8 heteroatoms. The summed E-state index contributed by atoms with van der Waals surface area (Å²) in [6.45, 7) is 0. The van der Waals surface area contributed by atoms with E-state index in [1.54, 1.807) is 40.7 Å². The van der Waals surface area contributed by atoms with Gasteiger partial charge in [0, 0.05) is 13.2 Å².